The Bertz CT molecular complexity index is 396. The van der Waals surface area contributed by atoms with Crippen molar-refractivity contribution in [3.63, 3.8) is 0 Å². The zero-order valence-electron chi connectivity index (χ0n) is 9.25. The van der Waals surface area contributed by atoms with Crippen LogP contribution in [0.3, 0.4) is 0 Å². The van der Waals surface area contributed by atoms with Gasteiger partial charge >= 0.3 is 5.97 Å². The van der Waals surface area contributed by atoms with Gasteiger partial charge in [-0.2, -0.15) is 0 Å². The molecule has 0 aliphatic rings. The Morgan fingerprint density at radius 2 is 2.41 bits per heavy atom. The fourth-order valence-corrected chi connectivity index (χ4v) is 1.09. The second kappa shape index (κ2) is 6.49. The molecule has 1 aromatic rings. The van der Waals surface area contributed by atoms with Crippen LogP contribution in [0.15, 0.2) is 28.9 Å². The van der Waals surface area contributed by atoms with E-state index in [1.807, 2.05) is 0 Å². The number of aliphatic hydroxyl groups excluding tert-OH is 1. The van der Waals surface area contributed by atoms with Gasteiger partial charge < -0.3 is 19.6 Å². The summed E-state index contributed by atoms with van der Waals surface area (Å²) < 4.78 is 9.37. The Kier molecular flexibility index (Phi) is 4.96. The van der Waals surface area contributed by atoms with Crippen molar-refractivity contribution in [2.45, 2.75) is 6.04 Å². The van der Waals surface area contributed by atoms with E-state index in [-0.39, 0.29) is 0 Å². The number of esters is 1. The molecule has 1 rings (SSSR count). The van der Waals surface area contributed by atoms with Gasteiger partial charge in [-0.15, -0.1) is 0 Å². The highest BCUT2D eigenvalue weighted by atomic mass is 16.5. The molecule has 6 heteroatoms. The lowest BCUT2D eigenvalue weighted by Gasteiger charge is -2.11. The van der Waals surface area contributed by atoms with Gasteiger partial charge in [0.2, 0.25) is 5.91 Å². The molecule has 92 valence electrons. The number of hydrogen-bond donors (Lipinski definition) is 2. The number of rotatable bonds is 5. The second-order valence-electron chi connectivity index (χ2n) is 3.12. The maximum Gasteiger partial charge on any atom is 0.330 e. The molecule has 0 aromatic carbocycles. The lowest BCUT2D eigenvalue weighted by atomic mass is 10.3. The first-order chi connectivity index (χ1) is 8.17. The van der Waals surface area contributed by atoms with Crippen LogP contribution in [0, 0.1) is 0 Å². The molecule has 17 heavy (non-hydrogen) atoms. The van der Waals surface area contributed by atoms with E-state index in [9.17, 15) is 9.59 Å². The summed E-state index contributed by atoms with van der Waals surface area (Å²) in [5.74, 6) is -0.711. The molecule has 0 spiro atoms. The van der Waals surface area contributed by atoms with Crippen molar-refractivity contribution < 1.29 is 23.8 Å². The summed E-state index contributed by atoms with van der Waals surface area (Å²) in [6.45, 7) is -0.521. The monoisotopic (exact) mass is 239 g/mol. The number of aliphatic hydroxyl groups is 1. The number of ether oxygens (including phenoxy) is 1. The largest absolute Gasteiger partial charge is 0.467 e. The van der Waals surface area contributed by atoms with Gasteiger partial charge in [0.1, 0.15) is 5.76 Å². The summed E-state index contributed by atoms with van der Waals surface area (Å²) in [6.07, 6.45) is 4.12. The minimum Gasteiger partial charge on any atom is -0.467 e. The molecule has 0 aliphatic carbocycles. The Morgan fingerprint density at radius 1 is 1.65 bits per heavy atom. The Morgan fingerprint density at radius 3 is 2.94 bits per heavy atom. The van der Waals surface area contributed by atoms with E-state index in [0.717, 1.165) is 0 Å². The maximum absolute atomic E-state index is 11.4. The van der Waals surface area contributed by atoms with Crippen molar-refractivity contribution in [3.05, 3.63) is 30.2 Å². The standard InChI is InChI=1S/C11H13NO5/c1-16-11(15)9(7-13)12-10(14)5-4-8-3-2-6-17-8/h2-6,9,13H,7H2,1H3,(H,12,14)/b5-4+. The topological polar surface area (TPSA) is 88.8 Å². The number of hydrogen-bond acceptors (Lipinski definition) is 5. The molecular weight excluding hydrogens is 226 g/mol. The number of furan rings is 1. The third-order valence-electron chi connectivity index (χ3n) is 1.93. The van der Waals surface area contributed by atoms with Crippen LogP contribution in [0.2, 0.25) is 0 Å². The van der Waals surface area contributed by atoms with Gasteiger partial charge in [-0.25, -0.2) is 4.79 Å². The molecule has 0 saturated carbocycles. The third-order valence-corrected chi connectivity index (χ3v) is 1.93. The summed E-state index contributed by atoms with van der Waals surface area (Å²) >= 11 is 0. The fourth-order valence-electron chi connectivity index (χ4n) is 1.09. The van der Waals surface area contributed by atoms with Crippen LogP contribution in [0.4, 0.5) is 0 Å². The predicted octanol–water partition coefficient (Wildman–Crippen LogP) is -0.0571. The summed E-state index contributed by atoms with van der Waals surface area (Å²) in [5.41, 5.74) is 0. The predicted molar refractivity (Wildman–Crippen MR) is 58.8 cm³/mol. The molecule has 1 amide bonds. The van der Waals surface area contributed by atoms with E-state index < -0.39 is 24.5 Å². The van der Waals surface area contributed by atoms with Crippen molar-refractivity contribution in [3.8, 4) is 0 Å². The Hall–Kier alpha value is -2.08. The zero-order valence-corrected chi connectivity index (χ0v) is 9.25. The smallest absolute Gasteiger partial charge is 0.330 e. The highest BCUT2D eigenvalue weighted by molar-refractivity contribution is 5.94. The number of carbonyl (C=O) groups is 2. The molecule has 1 heterocycles. The summed E-state index contributed by atoms with van der Waals surface area (Å²) in [5, 5.41) is 11.2. The molecule has 0 bridgehead atoms. The number of carbonyl (C=O) groups excluding carboxylic acids is 2. The van der Waals surface area contributed by atoms with Crippen molar-refractivity contribution in [1.29, 1.82) is 0 Å². The molecular formula is C11H13NO5. The summed E-state index contributed by atoms with van der Waals surface area (Å²) in [6, 6.07) is 2.30. The zero-order chi connectivity index (χ0) is 12.7. The Labute approximate surface area is 97.9 Å². The Balaban J connectivity index is 2.51. The molecule has 0 fully saturated rings. The highest BCUT2D eigenvalue weighted by Gasteiger charge is 2.18. The van der Waals surface area contributed by atoms with Gasteiger partial charge in [0.25, 0.3) is 0 Å². The first kappa shape index (κ1) is 13.0. The lowest BCUT2D eigenvalue weighted by Crippen LogP contribution is -2.43. The van der Waals surface area contributed by atoms with Crippen LogP contribution in [-0.4, -0.2) is 36.7 Å². The van der Waals surface area contributed by atoms with Gasteiger partial charge in [0.05, 0.1) is 20.0 Å². The van der Waals surface area contributed by atoms with Crippen molar-refractivity contribution >= 4 is 18.0 Å². The van der Waals surface area contributed by atoms with Crippen LogP contribution < -0.4 is 5.32 Å². The van der Waals surface area contributed by atoms with Gasteiger partial charge in [0, 0.05) is 6.08 Å². The molecule has 1 atom stereocenters. The average molecular weight is 239 g/mol. The van der Waals surface area contributed by atoms with E-state index in [1.54, 1.807) is 12.1 Å². The van der Waals surface area contributed by atoms with E-state index >= 15 is 0 Å². The summed E-state index contributed by atoms with van der Waals surface area (Å²) in [7, 11) is 1.18. The number of amides is 1. The molecule has 1 unspecified atom stereocenters. The highest BCUT2D eigenvalue weighted by Crippen LogP contribution is 2.01. The van der Waals surface area contributed by atoms with Gasteiger partial charge in [-0.3, -0.25) is 4.79 Å². The third kappa shape index (κ3) is 4.12. The van der Waals surface area contributed by atoms with Gasteiger partial charge in [-0.05, 0) is 18.2 Å². The van der Waals surface area contributed by atoms with Crippen LogP contribution in [0.1, 0.15) is 5.76 Å². The first-order valence-corrected chi connectivity index (χ1v) is 4.88. The van der Waals surface area contributed by atoms with Crippen molar-refractivity contribution in [2.75, 3.05) is 13.7 Å². The minimum absolute atomic E-state index is 0.513. The minimum atomic E-state index is -1.06. The van der Waals surface area contributed by atoms with Crippen LogP contribution >= 0.6 is 0 Å². The van der Waals surface area contributed by atoms with E-state index in [4.69, 9.17) is 9.52 Å². The molecule has 0 saturated heterocycles. The van der Waals surface area contributed by atoms with Crippen LogP contribution in [-0.2, 0) is 14.3 Å². The normalized spacial score (nSPS) is 12.4. The maximum atomic E-state index is 11.4. The van der Waals surface area contributed by atoms with E-state index in [1.165, 1.54) is 25.5 Å². The quantitative estimate of drug-likeness (QED) is 0.555. The molecule has 0 aliphatic heterocycles. The second-order valence-corrected chi connectivity index (χ2v) is 3.12. The van der Waals surface area contributed by atoms with E-state index in [2.05, 4.69) is 10.1 Å². The molecule has 6 nitrogen and oxygen atoms in total. The molecule has 0 radical (unpaired) electrons. The number of methoxy groups -OCH3 is 1. The van der Waals surface area contributed by atoms with Gasteiger partial charge in [0.15, 0.2) is 6.04 Å². The summed E-state index contributed by atoms with van der Waals surface area (Å²) in [4.78, 5) is 22.4. The lowest BCUT2D eigenvalue weighted by molar-refractivity contribution is -0.145. The number of nitrogens with one attached hydrogen (secondary N) is 1. The fraction of sp³-hybridized carbons (Fsp3) is 0.273. The van der Waals surface area contributed by atoms with Crippen LogP contribution in [0.25, 0.3) is 6.08 Å². The van der Waals surface area contributed by atoms with Gasteiger partial charge in [-0.1, -0.05) is 0 Å². The van der Waals surface area contributed by atoms with Crippen molar-refractivity contribution in [1.82, 2.24) is 5.32 Å². The molecule has 1 aromatic heterocycles. The SMILES string of the molecule is COC(=O)C(CO)NC(=O)/C=C/c1ccco1. The first-order valence-electron chi connectivity index (χ1n) is 4.88. The van der Waals surface area contributed by atoms with E-state index in [0.29, 0.717) is 5.76 Å². The van der Waals surface area contributed by atoms with Crippen molar-refractivity contribution in [2.24, 2.45) is 0 Å². The average Bonchev–Trinajstić information content (AvgIpc) is 2.85. The molecule has 2 N–H and O–H groups in total. The van der Waals surface area contributed by atoms with Crippen LogP contribution in [0.5, 0.6) is 0 Å².